The van der Waals surface area contributed by atoms with Crippen LogP contribution in [0, 0.1) is 6.92 Å². The van der Waals surface area contributed by atoms with Gasteiger partial charge in [0.15, 0.2) is 0 Å². The van der Waals surface area contributed by atoms with Gasteiger partial charge in [-0.3, -0.25) is 4.79 Å². The third-order valence-electron chi connectivity index (χ3n) is 3.21. The summed E-state index contributed by atoms with van der Waals surface area (Å²) in [5, 5.41) is 3.28. The van der Waals surface area contributed by atoms with Crippen LogP contribution < -0.4 is 10.9 Å². The van der Waals surface area contributed by atoms with Crippen LogP contribution in [0.3, 0.4) is 0 Å². The number of pyridine rings is 1. The van der Waals surface area contributed by atoms with Crippen molar-refractivity contribution in [1.82, 2.24) is 4.57 Å². The van der Waals surface area contributed by atoms with Gasteiger partial charge in [0.05, 0.1) is 6.10 Å². The average Bonchev–Trinajstić information content (AvgIpc) is 2.79. The quantitative estimate of drug-likeness (QED) is 0.866. The Balaban J connectivity index is 2.03. The van der Waals surface area contributed by atoms with Gasteiger partial charge in [0.25, 0.3) is 5.56 Å². The molecule has 4 heteroatoms. The molecule has 1 aromatic heterocycles. The Morgan fingerprint density at radius 2 is 2.35 bits per heavy atom. The van der Waals surface area contributed by atoms with E-state index in [0.29, 0.717) is 6.10 Å². The zero-order valence-corrected chi connectivity index (χ0v) is 10.5. The highest BCUT2D eigenvalue weighted by atomic mass is 16.5. The first-order chi connectivity index (χ1) is 8.20. The van der Waals surface area contributed by atoms with Gasteiger partial charge in [-0.1, -0.05) is 0 Å². The van der Waals surface area contributed by atoms with Gasteiger partial charge in [-0.15, -0.1) is 0 Å². The van der Waals surface area contributed by atoms with Crippen LogP contribution in [0.1, 0.15) is 25.5 Å². The predicted molar refractivity (Wildman–Crippen MR) is 68.6 cm³/mol. The van der Waals surface area contributed by atoms with Gasteiger partial charge in [-0.05, 0) is 32.8 Å². The smallest absolute Gasteiger partial charge is 0.252 e. The lowest BCUT2D eigenvalue weighted by atomic mass is 10.2. The summed E-state index contributed by atoms with van der Waals surface area (Å²) in [6, 6.07) is 3.67. The molecular weight excluding hydrogens is 216 g/mol. The Kier molecular flexibility index (Phi) is 3.84. The summed E-state index contributed by atoms with van der Waals surface area (Å²) >= 11 is 0. The average molecular weight is 236 g/mol. The number of hydrogen-bond acceptors (Lipinski definition) is 3. The largest absolute Gasteiger partial charge is 0.382 e. The van der Waals surface area contributed by atoms with E-state index in [0.717, 1.165) is 43.9 Å². The van der Waals surface area contributed by atoms with E-state index in [1.165, 1.54) is 0 Å². The van der Waals surface area contributed by atoms with Crippen LogP contribution >= 0.6 is 0 Å². The molecule has 1 fully saturated rings. The van der Waals surface area contributed by atoms with Crippen LogP contribution in [0.25, 0.3) is 0 Å². The maximum atomic E-state index is 11.8. The molecule has 1 saturated heterocycles. The summed E-state index contributed by atoms with van der Waals surface area (Å²) in [6.45, 7) is 6.31. The van der Waals surface area contributed by atoms with Crippen LogP contribution in [0.4, 0.5) is 5.69 Å². The predicted octanol–water partition coefficient (Wildman–Crippen LogP) is 1.77. The number of aryl methyl sites for hydroxylation is 1. The minimum absolute atomic E-state index is 0.0577. The second-order valence-corrected chi connectivity index (χ2v) is 4.48. The second kappa shape index (κ2) is 5.36. The molecule has 0 aromatic carbocycles. The fourth-order valence-electron chi connectivity index (χ4n) is 2.27. The molecule has 0 spiro atoms. The number of hydrogen-bond donors (Lipinski definition) is 1. The molecule has 0 aliphatic carbocycles. The second-order valence-electron chi connectivity index (χ2n) is 4.48. The summed E-state index contributed by atoms with van der Waals surface area (Å²) in [7, 11) is 0. The molecule has 1 unspecified atom stereocenters. The first-order valence-electron chi connectivity index (χ1n) is 6.27. The SMILES string of the molecule is CCn1c(C)cc(NCC2CCCO2)cc1=O. The molecule has 1 aliphatic rings. The monoisotopic (exact) mass is 236 g/mol. The number of nitrogens with zero attached hydrogens (tertiary/aromatic N) is 1. The molecule has 2 heterocycles. The highest BCUT2D eigenvalue weighted by Gasteiger charge is 2.14. The lowest BCUT2D eigenvalue weighted by molar-refractivity contribution is 0.120. The zero-order valence-electron chi connectivity index (χ0n) is 10.5. The molecule has 1 N–H and O–H groups in total. The molecule has 1 aromatic rings. The van der Waals surface area contributed by atoms with Gasteiger partial charge >= 0.3 is 0 Å². The van der Waals surface area contributed by atoms with Crippen molar-refractivity contribution in [3.05, 3.63) is 28.2 Å². The van der Waals surface area contributed by atoms with Crippen molar-refractivity contribution in [3.8, 4) is 0 Å². The van der Waals surface area contributed by atoms with Crippen molar-refractivity contribution >= 4 is 5.69 Å². The Morgan fingerprint density at radius 1 is 1.53 bits per heavy atom. The molecule has 0 bridgehead atoms. The fourth-order valence-corrected chi connectivity index (χ4v) is 2.27. The summed E-state index contributed by atoms with van der Waals surface area (Å²) in [5.74, 6) is 0. The molecule has 1 atom stereocenters. The topological polar surface area (TPSA) is 43.3 Å². The van der Waals surface area contributed by atoms with E-state index in [9.17, 15) is 4.79 Å². The minimum Gasteiger partial charge on any atom is -0.382 e. The summed E-state index contributed by atoms with van der Waals surface area (Å²) < 4.78 is 7.30. The van der Waals surface area contributed by atoms with Crippen LogP contribution in [0.15, 0.2) is 16.9 Å². The van der Waals surface area contributed by atoms with Crippen LogP contribution in [-0.4, -0.2) is 23.8 Å². The Morgan fingerprint density at radius 3 is 2.94 bits per heavy atom. The third-order valence-corrected chi connectivity index (χ3v) is 3.21. The van der Waals surface area contributed by atoms with E-state index in [1.807, 2.05) is 19.9 Å². The van der Waals surface area contributed by atoms with Crippen molar-refractivity contribution in [2.24, 2.45) is 0 Å². The van der Waals surface area contributed by atoms with E-state index in [4.69, 9.17) is 4.74 Å². The molecule has 94 valence electrons. The van der Waals surface area contributed by atoms with E-state index in [1.54, 1.807) is 10.6 Å². The van der Waals surface area contributed by atoms with Gasteiger partial charge in [0, 0.05) is 37.1 Å². The molecule has 17 heavy (non-hydrogen) atoms. The van der Waals surface area contributed by atoms with Crippen molar-refractivity contribution in [2.75, 3.05) is 18.5 Å². The highest BCUT2D eigenvalue weighted by molar-refractivity contribution is 5.43. The van der Waals surface area contributed by atoms with E-state index in [2.05, 4.69) is 5.32 Å². The molecular formula is C13H20N2O2. The van der Waals surface area contributed by atoms with Crippen LogP contribution in [-0.2, 0) is 11.3 Å². The van der Waals surface area contributed by atoms with E-state index < -0.39 is 0 Å². The normalized spacial score (nSPS) is 19.5. The van der Waals surface area contributed by atoms with Gasteiger partial charge in [-0.2, -0.15) is 0 Å². The van der Waals surface area contributed by atoms with Gasteiger partial charge < -0.3 is 14.6 Å². The number of nitrogens with one attached hydrogen (secondary N) is 1. The first-order valence-corrected chi connectivity index (χ1v) is 6.27. The molecule has 0 amide bonds. The van der Waals surface area contributed by atoms with Crippen molar-refractivity contribution < 1.29 is 4.74 Å². The van der Waals surface area contributed by atoms with E-state index >= 15 is 0 Å². The van der Waals surface area contributed by atoms with Crippen LogP contribution in [0.5, 0.6) is 0 Å². The lowest BCUT2D eigenvalue weighted by Crippen LogP contribution is -2.23. The Labute approximate surface area is 102 Å². The number of aromatic nitrogens is 1. The minimum atomic E-state index is 0.0577. The maximum absolute atomic E-state index is 11.8. The number of ether oxygens (including phenoxy) is 1. The first kappa shape index (κ1) is 12.2. The van der Waals surface area contributed by atoms with Gasteiger partial charge in [-0.25, -0.2) is 0 Å². The zero-order chi connectivity index (χ0) is 12.3. The fraction of sp³-hybridized carbons (Fsp3) is 0.615. The number of rotatable bonds is 4. The standard InChI is InChI=1S/C13H20N2O2/c1-3-15-10(2)7-11(8-13(15)16)14-9-12-5-4-6-17-12/h7-8,12,14H,3-6,9H2,1-2H3. The Bertz CT molecular complexity index is 434. The summed E-state index contributed by atoms with van der Waals surface area (Å²) in [4.78, 5) is 11.8. The summed E-state index contributed by atoms with van der Waals surface area (Å²) in [6.07, 6.45) is 2.55. The third kappa shape index (κ3) is 2.88. The molecule has 2 rings (SSSR count). The van der Waals surface area contributed by atoms with E-state index in [-0.39, 0.29) is 5.56 Å². The Hall–Kier alpha value is -1.29. The van der Waals surface area contributed by atoms with Crippen molar-refractivity contribution in [3.63, 3.8) is 0 Å². The molecule has 0 radical (unpaired) electrons. The van der Waals surface area contributed by atoms with Crippen molar-refractivity contribution in [1.29, 1.82) is 0 Å². The van der Waals surface area contributed by atoms with Gasteiger partial charge in [0.2, 0.25) is 0 Å². The summed E-state index contributed by atoms with van der Waals surface area (Å²) in [5.41, 5.74) is 1.95. The maximum Gasteiger partial charge on any atom is 0.252 e. The number of anilines is 1. The molecule has 0 saturated carbocycles. The highest BCUT2D eigenvalue weighted by Crippen LogP contribution is 2.13. The van der Waals surface area contributed by atoms with Crippen LogP contribution in [0.2, 0.25) is 0 Å². The lowest BCUT2D eigenvalue weighted by Gasteiger charge is -2.14. The van der Waals surface area contributed by atoms with Gasteiger partial charge in [0.1, 0.15) is 0 Å². The van der Waals surface area contributed by atoms with Crippen molar-refractivity contribution in [2.45, 2.75) is 39.3 Å². The molecule has 1 aliphatic heterocycles. The molecule has 4 nitrogen and oxygen atoms in total.